The van der Waals surface area contributed by atoms with E-state index in [1.807, 2.05) is 0 Å². The number of aryl methyl sites for hydroxylation is 1. The molecule has 15 heavy (non-hydrogen) atoms. The lowest BCUT2D eigenvalue weighted by Crippen LogP contribution is -2.36. The lowest BCUT2D eigenvalue weighted by atomic mass is 10.1. The number of pyridine rings is 1. The monoisotopic (exact) mass is 221 g/mol. The van der Waals surface area contributed by atoms with E-state index >= 15 is 0 Å². The van der Waals surface area contributed by atoms with Crippen molar-refractivity contribution in [3.8, 4) is 0 Å². The first-order chi connectivity index (χ1) is 6.85. The van der Waals surface area contributed by atoms with Gasteiger partial charge in [0.1, 0.15) is 0 Å². The summed E-state index contributed by atoms with van der Waals surface area (Å²) in [6, 6.07) is 2.34. The van der Waals surface area contributed by atoms with Crippen LogP contribution in [0, 0.1) is 6.92 Å². The molecule has 0 fully saturated rings. The molecule has 0 aliphatic heterocycles. The van der Waals surface area contributed by atoms with E-state index in [0.717, 1.165) is 12.3 Å². The fraction of sp³-hybridized carbons (Fsp3) is 0.333. The minimum atomic E-state index is -4.66. The van der Waals surface area contributed by atoms with Crippen molar-refractivity contribution in [2.24, 2.45) is 0 Å². The van der Waals surface area contributed by atoms with Crippen molar-refractivity contribution in [1.82, 2.24) is 4.98 Å². The molecular formula is C9H7F4NO. The van der Waals surface area contributed by atoms with E-state index in [0.29, 0.717) is 5.69 Å². The van der Waals surface area contributed by atoms with E-state index in [-0.39, 0.29) is 0 Å². The molecule has 0 aliphatic carbocycles. The molecule has 0 aromatic carbocycles. The van der Waals surface area contributed by atoms with Crippen LogP contribution in [0.15, 0.2) is 18.3 Å². The van der Waals surface area contributed by atoms with Crippen LogP contribution in [0.4, 0.5) is 17.6 Å². The van der Waals surface area contributed by atoms with E-state index in [1.165, 1.54) is 6.07 Å². The third kappa shape index (κ3) is 2.31. The summed E-state index contributed by atoms with van der Waals surface area (Å²) in [5.74, 6) is -6.57. The molecule has 6 heteroatoms. The highest BCUT2D eigenvalue weighted by atomic mass is 19.3. The largest absolute Gasteiger partial charge is 0.368 e. The van der Waals surface area contributed by atoms with Crippen LogP contribution in [0.3, 0.4) is 0 Å². The summed E-state index contributed by atoms with van der Waals surface area (Å²) in [6.45, 7) is 1.58. The van der Waals surface area contributed by atoms with Crippen molar-refractivity contribution in [2.45, 2.75) is 19.3 Å². The quantitative estimate of drug-likeness (QED) is 0.579. The zero-order valence-corrected chi connectivity index (χ0v) is 7.68. The fourth-order valence-electron chi connectivity index (χ4n) is 0.894. The molecule has 2 nitrogen and oxygen atoms in total. The molecule has 0 spiro atoms. The molecule has 0 amide bonds. The van der Waals surface area contributed by atoms with Gasteiger partial charge in [-0.15, -0.1) is 0 Å². The van der Waals surface area contributed by atoms with Crippen molar-refractivity contribution < 1.29 is 22.4 Å². The van der Waals surface area contributed by atoms with Crippen LogP contribution in [0.5, 0.6) is 0 Å². The lowest BCUT2D eigenvalue weighted by molar-refractivity contribution is -0.0958. The van der Waals surface area contributed by atoms with Gasteiger partial charge in [-0.2, -0.15) is 8.78 Å². The Kier molecular flexibility index (Phi) is 3.06. The molecule has 0 bridgehead atoms. The second kappa shape index (κ2) is 3.96. The Balaban J connectivity index is 3.00. The average molecular weight is 221 g/mol. The topological polar surface area (TPSA) is 30.0 Å². The zero-order valence-electron chi connectivity index (χ0n) is 7.68. The maximum absolute atomic E-state index is 12.6. The minimum Gasteiger partial charge on any atom is -0.287 e. The lowest BCUT2D eigenvalue weighted by Gasteiger charge is -2.13. The maximum Gasteiger partial charge on any atom is 0.368 e. The summed E-state index contributed by atoms with van der Waals surface area (Å²) < 4.78 is 48.9. The predicted octanol–water partition coefficient (Wildman–Crippen LogP) is 2.47. The van der Waals surface area contributed by atoms with Crippen molar-refractivity contribution in [3.05, 3.63) is 29.6 Å². The highest BCUT2D eigenvalue weighted by Gasteiger charge is 2.49. The van der Waals surface area contributed by atoms with Crippen molar-refractivity contribution >= 4 is 5.78 Å². The number of aromatic nitrogens is 1. The molecule has 0 unspecified atom stereocenters. The third-order valence-electron chi connectivity index (χ3n) is 1.75. The van der Waals surface area contributed by atoms with Crippen LogP contribution in [-0.2, 0) is 0 Å². The third-order valence-corrected chi connectivity index (χ3v) is 1.75. The molecule has 1 aromatic heterocycles. The molecule has 0 saturated carbocycles. The van der Waals surface area contributed by atoms with Crippen molar-refractivity contribution in [3.63, 3.8) is 0 Å². The molecule has 0 atom stereocenters. The molecule has 0 N–H and O–H groups in total. The number of Topliss-reactive ketones (excluding diaryl/α,β-unsaturated/α-hetero) is 1. The van der Waals surface area contributed by atoms with E-state index in [9.17, 15) is 22.4 Å². The van der Waals surface area contributed by atoms with Gasteiger partial charge < -0.3 is 0 Å². The molecule has 1 aromatic rings. The van der Waals surface area contributed by atoms with Gasteiger partial charge in [0.2, 0.25) is 5.78 Å². The molecule has 1 heterocycles. The average Bonchev–Trinajstić information content (AvgIpc) is 2.17. The number of hydrogen-bond acceptors (Lipinski definition) is 2. The van der Waals surface area contributed by atoms with Gasteiger partial charge in [0.15, 0.2) is 0 Å². The predicted molar refractivity (Wildman–Crippen MR) is 44.3 cm³/mol. The summed E-state index contributed by atoms with van der Waals surface area (Å²) >= 11 is 0. The summed E-state index contributed by atoms with van der Waals surface area (Å²) in [7, 11) is 0. The zero-order chi connectivity index (χ0) is 11.6. The second-order valence-electron chi connectivity index (χ2n) is 2.94. The number of hydrogen-bond donors (Lipinski definition) is 0. The van der Waals surface area contributed by atoms with Crippen LogP contribution in [0.25, 0.3) is 0 Å². The van der Waals surface area contributed by atoms with Gasteiger partial charge in [-0.3, -0.25) is 9.78 Å². The van der Waals surface area contributed by atoms with Crippen molar-refractivity contribution in [2.75, 3.05) is 0 Å². The van der Waals surface area contributed by atoms with E-state index in [2.05, 4.69) is 4.98 Å². The number of carbonyl (C=O) groups excluding carboxylic acids is 1. The van der Waals surface area contributed by atoms with Crippen LogP contribution in [0.2, 0.25) is 0 Å². The second-order valence-corrected chi connectivity index (χ2v) is 2.94. The van der Waals surface area contributed by atoms with Gasteiger partial charge in [0.05, 0.1) is 0 Å². The van der Waals surface area contributed by atoms with Gasteiger partial charge >= 0.3 is 12.3 Å². The highest BCUT2D eigenvalue weighted by Crippen LogP contribution is 2.27. The van der Waals surface area contributed by atoms with E-state index < -0.39 is 23.7 Å². The minimum absolute atomic E-state index is 0.506. The normalized spacial score (nSPS) is 11.9. The Bertz CT molecular complexity index is 361. The van der Waals surface area contributed by atoms with Gasteiger partial charge in [-0.05, 0) is 19.1 Å². The van der Waals surface area contributed by atoms with Crippen LogP contribution < -0.4 is 0 Å². The summed E-state index contributed by atoms with van der Waals surface area (Å²) in [6.07, 6.45) is -3.15. The standard InChI is InChI=1S/C9H7F4NO/c1-5-2-3-6(4-14-5)7(15)9(12,13)8(10)11/h2-4,8H,1H3. The summed E-state index contributed by atoms with van der Waals surface area (Å²) in [4.78, 5) is 14.5. The first-order valence-corrected chi connectivity index (χ1v) is 3.99. The van der Waals surface area contributed by atoms with Crippen LogP contribution in [-0.4, -0.2) is 23.1 Å². The highest BCUT2D eigenvalue weighted by molar-refractivity contribution is 6.01. The number of halogens is 4. The number of nitrogens with zero attached hydrogens (tertiary/aromatic N) is 1. The molecular weight excluding hydrogens is 214 g/mol. The van der Waals surface area contributed by atoms with E-state index in [4.69, 9.17) is 0 Å². The summed E-state index contributed by atoms with van der Waals surface area (Å²) in [5, 5.41) is 0. The number of carbonyl (C=O) groups is 1. The Hall–Kier alpha value is -1.46. The van der Waals surface area contributed by atoms with Gasteiger partial charge in [-0.1, -0.05) is 0 Å². The Labute approximate surface area is 82.9 Å². The molecule has 0 saturated heterocycles. The van der Waals surface area contributed by atoms with E-state index in [1.54, 1.807) is 6.92 Å². The first kappa shape index (κ1) is 11.6. The maximum atomic E-state index is 12.6. The number of ketones is 1. The smallest absolute Gasteiger partial charge is 0.287 e. The van der Waals surface area contributed by atoms with Crippen LogP contribution >= 0.6 is 0 Å². The van der Waals surface area contributed by atoms with Gasteiger partial charge in [0, 0.05) is 17.5 Å². The first-order valence-electron chi connectivity index (χ1n) is 3.99. The summed E-state index contributed by atoms with van der Waals surface area (Å²) in [5.41, 5.74) is -0.0159. The SMILES string of the molecule is Cc1ccc(C(=O)C(F)(F)C(F)F)cn1. The number of alkyl halides is 4. The Morgan fingerprint density at radius 2 is 2.00 bits per heavy atom. The number of rotatable bonds is 3. The Morgan fingerprint density at radius 3 is 2.40 bits per heavy atom. The molecule has 82 valence electrons. The molecule has 0 aliphatic rings. The molecule has 0 radical (unpaired) electrons. The van der Waals surface area contributed by atoms with Crippen LogP contribution in [0.1, 0.15) is 16.1 Å². The molecule has 1 rings (SSSR count). The van der Waals surface area contributed by atoms with Crippen molar-refractivity contribution in [1.29, 1.82) is 0 Å². The fourth-order valence-corrected chi connectivity index (χ4v) is 0.894. The van der Waals surface area contributed by atoms with Gasteiger partial charge in [-0.25, -0.2) is 8.78 Å². The Morgan fingerprint density at radius 1 is 1.40 bits per heavy atom. The van der Waals surface area contributed by atoms with Gasteiger partial charge in [0.25, 0.3) is 0 Å².